The van der Waals surface area contributed by atoms with Crippen LogP contribution in [0.4, 0.5) is 0 Å². The highest BCUT2D eigenvalue weighted by atomic mass is 16.5. The summed E-state index contributed by atoms with van der Waals surface area (Å²) in [6.07, 6.45) is 72.9. The van der Waals surface area contributed by atoms with Crippen molar-refractivity contribution in [3.63, 3.8) is 0 Å². The van der Waals surface area contributed by atoms with Crippen LogP contribution in [0.1, 0.15) is 273 Å². The standard InChI is InChI=1S/3C20H36O2/c3*1-3-4-5-6-7-8-9-10-11-12-13-14-15-16-17-18-19-22-20(2)21/h6-7,17-18H,3-5,8-16,19H2,1-2H3;2*6-7,16-17H,3-5,8-15,18-19H2,1-2H3/b7-6+,18-17+;7-6+,17-16+;7-6-,17-16-. The summed E-state index contributed by atoms with van der Waals surface area (Å²) >= 11 is 0. The Morgan fingerprint density at radius 3 is 0.682 bits per heavy atom. The summed E-state index contributed by atoms with van der Waals surface area (Å²) in [5.74, 6) is -0.587. The number of hydrogen-bond acceptors (Lipinski definition) is 6. The van der Waals surface area contributed by atoms with Crippen LogP contribution in [-0.4, -0.2) is 37.7 Å². The summed E-state index contributed by atoms with van der Waals surface area (Å²) < 4.78 is 14.6. The first kappa shape index (κ1) is 67.1. The van der Waals surface area contributed by atoms with Crippen molar-refractivity contribution in [1.82, 2.24) is 0 Å². The number of allylic oxidation sites excluding steroid dienone is 9. The van der Waals surface area contributed by atoms with Crippen LogP contribution >= 0.6 is 0 Å². The van der Waals surface area contributed by atoms with Crippen molar-refractivity contribution in [2.45, 2.75) is 273 Å². The van der Waals surface area contributed by atoms with Crippen molar-refractivity contribution >= 4 is 17.9 Å². The molecule has 0 bridgehead atoms. The molecule has 0 aromatic carbocycles. The summed E-state index contributed by atoms with van der Waals surface area (Å²) in [6.45, 7) is 12.5. The van der Waals surface area contributed by atoms with Crippen LogP contribution in [0, 0.1) is 0 Å². The van der Waals surface area contributed by atoms with Crippen molar-refractivity contribution in [2.24, 2.45) is 0 Å². The van der Waals surface area contributed by atoms with E-state index in [1.54, 1.807) is 0 Å². The molecule has 0 N–H and O–H groups in total. The third kappa shape index (κ3) is 75.2. The molecule has 0 unspecified atom stereocenters. The Bertz CT molecular complexity index is 1100. The van der Waals surface area contributed by atoms with Gasteiger partial charge in [-0.1, -0.05) is 216 Å². The number of carbonyl (C=O) groups is 3. The molecule has 0 rings (SSSR count). The van der Waals surface area contributed by atoms with E-state index in [0.717, 1.165) is 32.1 Å². The maximum absolute atomic E-state index is 10.6. The highest BCUT2D eigenvalue weighted by Crippen LogP contribution is 2.13. The van der Waals surface area contributed by atoms with E-state index in [4.69, 9.17) is 14.2 Å². The fraction of sp³-hybridized carbons (Fsp3) is 0.750. The fourth-order valence-corrected chi connectivity index (χ4v) is 6.91. The number of hydrogen-bond donors (Lipinski definition) is 0. The second-order valence-corrected chi connectivity index (χ2v) is 17.8. The molecule has 0 saturated carbocycles. The second-order valence-electron chi connectivity index (χ2n) is 17.8. The van der Waals surface area contributed by atoms with Gasteiger partial charge in [-0.15, -0.1) is 0 Å². The minimum Gasteiger partial charge on any atom is -0.466 e. The maximum atomic E-state index is 10.6. The van der Waals surface area contributed by atoms with Gasteiger partial charge >= 0.3 is 17.9 Å². The van der Waals surface area contributed by atoms with Gasteiger partial charge in [0.1, 0.15) is 6.61 Å². The van der Waals surface area contributed by atoms with Gasteiger partial charge < -0.3 is 14.2 Å². The van der Waals surface area contributed by atoms with Crippen LogP contribution in [-0.2, 0) is 28.6 Å². The molecule has 0 saturated heterocycles. The highest BCUT2D eigenvalue weighted by molar-refractivity contribution is 5.66. The molecule has 384 valence electrons. The van der Waals surface area contributed by atoms with Crippen molar-refractivity contribution in [3.8, 4) is 0 Å². The van der Waals surface area contributed by atoms with Gasteiger partial charge in [0, 0.05) is 20.8 Å². The SMILES string of the molecule is CCCC/C=C/CCCCCCCC/C=C/CCOC(C)=O.CCCC/C=C/CCCCCCCCC/C=C/COC(C)=O.CCCC/C=C\CCCCCCCC/C=C\CCOC(C)=O. The lowest BCUT2D eigenvalue weighted by molar-refractivity contribution is -0.141. The van der Waals surface area contributed by atoms with Crippen molar-refractivity contribution in [2.75, 3.05) is 19.8 Å². The minimum absolute atomic E-state index is 0.190. The van der Waals surface area contributed by atoms with Gasteiger partial charge in [-0.25, -0.2) is 0 Å². The third-order valence-electron chi connectivity index (χ3n) is 11.0. The molecule has 6 heteroatoms. The van der Waals surface area contributed by atoms with Gasteiger partial charge in [-0.05, 0) is 109 Å². The predicted octanol–water partition coefficient (Wildman–Crippen LogP) is 19.1. The average molecular weight is 926 g/mol. The Kier molecular flexibility index (Phi) is 65.0. The minimum atomic E-state index is -0.207. The number of rotatable bonds is 45. The van der Waals surface area contributed by atoms with E-state index in [0.29, 0.717) is 19.8 Å². The summed E-state index contributed by atoms with van der Waals surface area (Å²) in [4.78, 5) is 31.7. The normalized spacial score (nSPS) is 11.5. The summed E-state index contributed by atoms with van der Waals surface area (Å²) in [6, 6.07) is 0. The third-order valence-corrected chi connectivity index (χ3v) is 11.0. The molecule has 0 aliphatic heterocycles. The van der Waals surface area contributed by atoms with E-state index in [-0.39, 0.29) is 17.9 Å². The first-order valence-electron chi connectivity index (χ1n) is 27.6. The van der Waals surface area contributed by atoms with Crippen molar-refractivity contribution in [3.05, 3.63) is 72.9 Å². The average Bonchev–Trinajstić information content (AvgIpc) is 3.29. The molecule has 0 aromatic heterocycles. The van der Waals surface area contributed by atoms with Gasteiger partial charge in [0.15, 0.2) is 0 Å². The number of unbranched alkanes of at least 4 members (excludes halogenated alkanes) is 28. The molecule has 0 atom stereocenters. The zero-order valence-electron chi connectivity index (χ0n) is 44.5. The molecule has 0 fully saturated rings. The molecular weight excluding hydrogens is 817 g/mol. The lowest BCUT2D eigenvalue weighted by atomic mass is 10.1. The lowest BCUT2D eigenvalue weighted by Crippen LogP contribution is -1.98. The number of esters is 3. The van der Waals surface area contributed by atoms with Crippen molar-refractivity contribution < 1.29 is 28.6 Å². The van der Waals surface area contributed by atoms with Gasteiger partial charge in [0.05, 0.1) is 13.2 Å². The monoisotopic (exact) mass is 925 g/mol. The van der Waals surface area contributed by atoms with E-state index in [1.165, 1.54) is 220 Å². The molecule has 0 aliphatic rings. The maximum Gasteiger partial charge on any atom is 0.302 e. The smallest absolute Gasteiger partial charge is 0.302 e. The van der Waals surface area contributed by atoms with Gasteiger partial charge in [0.25, 0.3) is 0 Å². The zero-order valence-corrected chi connectivity index (χ0v) is 44.5. The molecule has 0 aromatic rings. The van der Waals surface area contributed by atoms with E-state index < -0.39 is 0 Å². The predicted molar refractivity (Wildman–Crippen MR) is 288 cm³/mol. The van der Waals surface area contributed by atoms with Gasteiger partial charge in [0.2, 0.25) is 0 Å². The van der Waals surface area contributed by atoms with Crippen LogP contribution in [0.25, 0.3) is 0 Å². The first-order chi connectivity index (χ1) is 32.3. The molecular formula is C60H108O6. The van der Waals surface area contributed by atoms with Crippen LogP contribution in [0.15, 0.2) is 72.9 Å². The molecule has 6 nitrogen and oxygen atoms in total. The molecule has 0 heterocycles. The summed E-state index contributed by atoms with van der Waals surface area (Å²) in [7, 11) is 0. The number of ether oxygens (including phenoxy) is 3. The lowest BCUT2D eigenvalue weighted by Gasteiger charge is -2.00. The number of carbonyl (C=O) groups excluding carboxylic acids is 3. The molecule has 0 aliphatic carbocycles. The Hall–Kier alpha value is -3.15. The van der Waals surface area contributed by atoms with Crippen LogP contribution in [0.3, 0.4) is 0 Å². The highest BCUT2D eigenvalue weighted by Gasteiger charge is 1.95. The van der Waals surface area contributed by atoms with Crippen LogP contribution < -0.4 is 0 Å². The Morgan fingerprint density at radius 2 is 0.455 bits per heavy atom. The Labute approximate surface area is 410 Å². The van der Waals surface area contributed by atoms with E-state index in [2.05, 4.69) is 87.6 Å². The first-order valence-corrected chi connectivity index (χ1v) is 27.6. The van der Waals surface area contributed by atoms with Crippen LogP contribution in [0.2, 0.25) is 0 Å². The summed E-state index contributed by atoms with van der Waals surface area (Å²) in [5, 5.41) is 0. The van der Waals surface area contributed by atoms with Crippen LogP contribution in [0.5, 0.6) is 0 Å². The largest absolute Gasteiger partial charge is 0.466 e. The molecule has 0 spiro atoms. The quantitative estimate of drug-likeness (QED) is 0.0262. The van der Waals surface area contributed by atoms with Crippen molar-refractivity contribution in [1.29, 1.82) is 0 Å². The van der Waals surface area contributed by atoms with E-state index in [1.807, 2.05) is 6.08 Å². The topological polar surface area (TPSA) is 78.9 Å². The van der Waals surface area contributed by atoms with E-state index >= 15 is 0 Å². The van der Waals surface area contributed by atoms with Gasteiger partial charge in [-0.2, -0.15) is 0 Å². The van der Waals surface area contributed by atoms with E-state index in [9.17, 15) is 14.4 Å². The zero-order chi connectivity index (χ0) is 48.9. The summed E-state index contributed by atoms with van der Waals surface area (Å²) in [5.41, 5.74) is 0. The Morgan fingerprint density at radius 1 is 0.258 bits per heavy atom. The molecule has 0 radical (unpaired) electrons. The van der Waals surface area contributed by atoms with Gasteiger partial charge in [-0.3, -0.25) is 14.4 Å². The second kappa shape index (κ2) is 63.9. The Balaban J connectivity index is -0.000000902. The molecule has 66 heavy (non-hydrogen) atoms. The fourth-order valence-electron chi connectivity index (χ4n) is 6.91. The molecule has 0 amide bonds.